The van der Waals surface area contributed by atoms with Crippen LogP contribution in [-0.2, 0) is 14.2 Å². The molecule has 1 aliphatic carbocycles. The predicted octanol–water partition coefficient (Wildman–Crippen LogP) is 0.485. The fourth-order valence-electron chi connectivity index (χ4n) is 2.76. The molecule has 104 valence electrons. The smallest absolute Gasteiger partial charge is 0.168 e. The summed E-state index contributed by atoms with van der Waals surface area (Å²) in [5.74, 6) is 0.234. The van der Waals surface area contributed by atoms with Crippen LogP contribution in [0.5, 0.6) is 0 Å². The van der Waals surface area contributed by atoms with Crippen molar-refractivity contribution in [3.05, 3.63) is 0 Å². The van der Waals surface area contributed by atoms with Gasteiger partial charge in [0.15, 0.2) is 5.79 Å². The molecule has 3 fully saturated rings. The van der Waals surface area contributed by atoms with Gasteiger partial charge in [0.2, 0.25) is 0 Å². The third-order valence-corrected chi connectivity index (χ3v) is 5.53. The van der Waals surface area contributed by atoms with Crippen LogP contribution in [0.1, 0.15) is 25.7 Å². The number of hydrogen-bond acceptors (Lipinski definition) is 6. The van der Waals surface area contributed by atoms with Gasteiger partial charge in [-0.2, -0.15) is 0 Å². The molecule has 5 nitrogen and oxygen atoms in total. The topological polar surface area (TPSA) is 68.2 Å². The van der Waals surface area contributed by atoms with Gasteiger partial charge in [0.1, 0.15) is 11.0 Å². The van der Waals surface area contributed by atoms with Gasteiger partial charge < -0.3 is 24.4 Å². The molecule has 2 heterocycles. The first-order valence-electron chi connectivity index (χ1n) is 6.53. The van der Waals surface area contributed by atoms with Crippen molar-refractivity contribution in [1.82, 2.24) is 0 Å². The van der Waals surface area contributed by atoms with Crippen molar-refractivity contribution in [2.75, 3.05) is 25.6 Å². The number of hydrogen-bond donors (Lipinski definition) is 2. The highest BCUT2D eigenvalue weighted by atomic mass is 32.2. The van der Waals surface area contributed by atoms with Crippen molar-refractivity contribution >= 4 is 11.8 Å². The normalized spacial score (nSPS) is 49.7. The van der Waals surface area contributed by atoms with Gasteiger partial charge in [-0.15, -0.1) is 11.8 Å². The minimum Gasteiger partial charge on any atom is -0.390 e. The molecule has 1 atom stereocenters. The van der Waals surface area contributed by atoms with Gasteiger partial charge in [-0.1, -0.05) is 0 Å². The molecule has 0 bridgehead atoms. The molecule has 0 amide bonds. The van der Waals surface area contributed by atoms with E-state index in [0.29, 0.717) is 19.8 Å². The standard InChI is InChI=1S/C12H20O5S/c13-9-5-15-11(16-6-9)1-3-12(4-2-11)17-7-10(14)8-18-12/h9-10,13-14H,1-8H2. The Morgan fingerprint density at radius 1 is 0.833 bits per heavy atom. The van der Waals surface area contributed by atoms with Crippen LogP contribution in [0.4, 0.5) is 0 Å². The minimum atomic E-state index is -0.509. The molecule has 2 spiro atoms. The molecule has 0 aromatic rings. The van der Waals surface area contributed by atoms with E-state index >= 15 is 0 Å². The van der Waals surface area contributed by atoms with E-state index in [-0.39, 0.29) is 11.0 Å². The summed E-state index contributed by atoms with van der Waals surface area (Å²) >= 11 is 1.71. The van der Waals surface area contributed by atoms with E-state index in [1.54, 1.807) is 11.8 Å². The Morgan fingerprint density at radius 2 is 1.44 bits per heavy atom. The lowest BCUT2D eigenvalue weighted by atomic mass is 9.90. The highest BCUT2D eigenvalue weighted by molar-refractivity contribution is 8.00. The maximum Gasteiger partial charge on any atom is 0.168 e. The summed E-state index contributed by atoms with van der Waals surface area (Å²) in [6.07, 6.45) is 2.50. The van der Waals surface area contributed by atoms with Gasteiger partial charge in [0.05, 0.1) is 25.9 Å². The van der Waals surface area contributed by atoms with Crippen molar-refractivity contribution in [3.63, 3.8) is 0 Å². The van der Waals surface area contributed by atoms with Gasteiger partial charge in [-0.3, -0.25) is 0 Å². The Hall–Kier alpha value is 0.150. The summed E-state index contributed by atoms with van der Waals surface area (Å²) in [4.78, 5) is -0.159. The maximum atomic E-state index is 9.47. The zero-order valence-electron chi connectivity index (χ0n) is 10.3. The Balaban J connectivity index is 1.57. The van der Waals surface area contributed by atoms with Crippen LogP contribution >= 0.6 is 11.8 Å². The Kier molecular flexibility index (Phi) is 3.59. The van der Waals surface area contributed by atoms with E-state index in [4.69, 9.17) is 14.2 Å². The summed E-state index contributed by atoms with van der Waals surface area (Å²) in [5, 5.41) is 18.9. The van der Waals surface area contributed by atoms with Crippen LogP contribution in [0, 0.1) is 0 Å². The molecule has 1 unspecified atom stereocenters. The van der Waals surface area contributed by atoms with Gasteiger partial charge in [0, 0.05) is 18.6 Å². The van der Waals surface area contributed by atoms with Crippen molar-refractivity contribution in [2.24, 2.45) is 0 Å². The van der Waals surface area contributed by atoms with Crippen molar-refractivity contribution in [3.8, 4) is 0 Å². The molecule has 0 aromatic carbocycles. The quantitative estimate of drug-likeness (QED) is 0.671. The van der Waals surface area contributed by atoms with Gasteiger partial charge in [0.25, 0.3) is 0 Å². The first-order chi connectivity index (χ1) is 8.62. The second kappa shape index (κ2) is 4.92. The summed E-state index contributed by atoms with van der Waals surface area (Å²) in [5.41, 5.74) is 0. The summed E-state index contributed by atoms with van der Waals surface area (Å²) in [6, 6.07) is 0. The molecule has 0 aromatic heterocycles. The highest BCUT2D eigenvalue weighted by Gasteiger charge is 2.48. The second-order valence-electron chi connectivity index (χ2n) is 5.37. The molecular weight excluding hydrogens is 256 g/mol. The minimum absolute atomic E-state index is 0.159. The van der Waals surface area contributed by atoms with Crippen molar-refractivity contribution < 1.29 is 24.4 Å². The molecule has 2 N–H and O–H groups in total. The number of ether oxygens (including phenoxy) is 3. The van der Waals surface area contributed by atoms with Gasteiger partial charge >= 0.3 is 0 Å². The Morgan fingerprint density at radius 3 is 2.00 bits per heavy atom. The third kappa shape index (κ3) is 2.55. The van der Waals surface area contributed by atoms with E-state index in [0.717, 1.165) is 31.4 Å². The largest absolute Gasteiger partial charge is 0.390 e. The van der Waals surface area contributed by atoms with Crippen LogP contribution in [0.3, 0.4) is 0 Å². The number of aliphatic hydroxyl groups excluding tert-OH is 2. The summed E-state index contributed by atoms with van der Waals surface area (Å²) in [6.45, 7) is 1.15. The lowest BCUT2D eigenvalue weighted by Gasteiger charge is -2.49. The number of thioether (sulfide) groups is 1. The molecule has 6 heteroatoms. The SMILES string of the molecule is OC1COC2(CCC3(CC2)OCC(O)CS3)OC1. The molecule has 3 aliphatic rings. The first kappa shape index (κ1) is 13.1. The molecule has 3 rings (SSSR count). The monoisotopic (exact) mass is 276 g/mol. The first-order valence-corrected chi connectivity index (χ1v) is 7.52. The molecule has 18 heavy (non-hydrogen) atoms. The fourth-order valence-corrected chi connectivity index (χ4v) is 4.00. The maximum absolute atomic E-state index is 9.47. The molecule has 2 aliphatic heterocycles. The summed E-state index contributed by atoms with van der Waals surface area (Å²) < 4.78 is 17.2. The molecule has 2 saturated heterocycles. The molecule has 0 radical (unpaired) electrons. The highest BCUT2D eigenvalue weighted by Crippen LogP contribution is 2.48. The average Bonchev–Trinajstić information content (AvgIpc) is 2.41. The Labute approximate surface area is 111 Å². The van der Waals surface area contributed by atoms with Crippen LogP contribution in [0.15, 0.2) is 0 Å². The third-order valence-electron chi connectivity index (χ3n) is 3.93. The molecule has 1 saturated carbocycles. The predicted molar refractivity (Wildman–Crippen MR) is 66.3 cm³/mol. The summed E-state index contributed by atoms with van der Waals surface area (Å²) in [7, 11) is 0. The van der Waals surface area contributed by atoms with Gasteiger partial charge in [-0.25, -0.2) is 0 Å². The zero-order chi connectivity index (χ0) is 12.6. The lowest BCUT2D eigenvalue weighted by Crippen LogP contribution is -2.52. The van der Waals surface area contributed by atoms with E-state index in [1.807, 2.05) is 0 Å². The molecular formula is C12H20O5S. The van der Waals surface area contributed by atoms with E-state index in [1.165, 1.54) is 0 Å². The lowest BCUT2D eigenvalue weighted by molar-refractivity contribution is -0.310. The van der Waals surface area contributed by atoms with E-state index in [2.05, 4.69) is 0 Å². The van der Waals surface area contributed by atoms with Crippen molar-refractivity contribution in [1.29, 1.82) is 0 Å². The van der Waals surface area contributed by atoms with Gasteiger partial charge in [-0.05, 0) is 12.8 Å². The second-order valence-corrected chi connectivity index (χ2v) is 6.74. The van der Waals surface area contributed by atoms with E-state index < -0.39 is 11.9 Å². The van der Waals surface area contributed by atoms with E-state index in [9.17, 15) is 10.2 Å². The fraction of sp³-hybridized carbons (Fsp3) is 1.00. The zero-order valence-corrected chi connectivity index (χ0v) is 11.2. The average molecular weight is 276 g/mol. The van der Waals surface area contributed by atoms with Crippen molar-refractivity contribution in [2.45, 2.75) is 48.6 Å². The number of aliphatic hydroxyl groups is 2. The Bertz CT molecular complexity index is 253. The van der Waals surface area contributed by atoms with Crippen LogP contribution < -0.4 is 0 Å². The van der Waals surface area contributed by atoms with Crippen LogP contribution in [0.2, 0.25) is 0 Å². The van der Waals surface area contributed by atoms with Crippen LogP contribution in [-0.4, -0.2) is 58.7 Å². The number of rotatable bonds is 0. The van der Waals surface area contributed by atoms with Crippen LogP contribution in [0.25, 0.3) is 0 Å².